The number of nitrogens with two attached hydrogens (primary N) is 1. The van der Waals surface area contributed by atoms with Gasteiger partial charge in [-0.15, -0.1) is 0 Å². The maximum atomic E-state index is 13.0. The predicted octanol–water partition coefficient (Wildman–Crippen LogP) is 3.30. The van der Waals surface area contributed by atoms with Crippen LogP contribution in [0.25, 0.3) is 10.8 Å². The van der Waals surface area contributed by atoms with E-state index in [1.54, 1.807) is 20.4 Å². The van der Waals surface area contributed by atoms with Crippen LogP contribution in [0.3, 0.4) is 0 Å². The maximum absolute atomic E-state index is 13.0. The van der Waals surface area contributed by atoms with Gasteiger partial charge >= 0.3 is 0 Å². The van der Waals surface area contributed by atoms with Crippen LogP contribution in [0.2, 0.25) is 0 Å². The number of rotatable bonds is 8. The first-order valence-electron chi connectivity index (χ1n) is 9.65. The van der Waals surface area contributed by atoms with Crippen LogP contribution in [0.15, 0.2) is 48.7 Å². The van der Waals surface area contributed by atoms with E-state index >= 15 is 0 Å². The number of amides is 1. The molecule has 0 bridgehead atoms. The summed E-state index contributed by atoms with van der Waals surface area (Å²) in [4.78, 5) is 19.4. The lowest BCUT2D eigenvalue weighted by atomic mass is 10.0. The third kappa shape index (κ3) is 4.49. The molecule has 0 saturated heterocycles. The van der Waals surface area contributed by atoms with E-state index in [-0.39, 0.29) is 12.3 Å². The number of ether oxygens (including phenoxy) is 2. The second-order valence-corrected chi connectivity index (χ2v) is 6.76. The molecule has 0 aliphatic rings. The first kappa shape index (κ1) is 20.6. The van der Waals surface area contributed by atoms with Crippen LogP contribution >= 0.6 is 0 Å². The third-order valence-corrected chi connectivity index (χ3v) is 5.04. The number of fused-ring (bicyclic) bond motifs is 1. The number of methoxy groups -OCH3 is 2. The van der Waals surface area contributed by atoms with Crippen LogP contribution in [0, 0.1) is 0 Å². The van der Waals surface area contributed by atoms with Crippen molar-refractivity contribution in [3.63, 3.8) is 0 Å². The van der Waals surface area contributed by atoms with Gasteiger partial charge in [-0.05, 0) is 35.6 Å². The molecule has 0 radical (unpaired) electrons. The van der Waals surface area contributed by atoms with Gasteiger partial charge in [-0.3, -0.25) is 9.78 Å². The van der Waals surface area contributed by atoms with Gasteiger partial charge in [-0.2, -0.15) is 0 Å². The van der Waals surface area contributed by atoms with Gasteiger partial charge in [0.1, 0.15) is 0 Å². The highest BCUT2D eigenvalue weighted by Gasteiger charge is 2.18. The van der Waals surface area contributed by atoms with Crippen molar-refractivity contribution in [1.82, 2.24) is 9.88 Å². The summed E-state index contributed by atoms with van der Waals surface area (Å²) in [7, 11) is 3.19. The summed E-state index contributed by atoms with van der Waals surface area (Å²) in [5.74, 6) is 1.27. The minimum Gasteiger partial charge on any atom is -0.493 e. The second-order valence-electron chi connectivity index (χ2n) is 6.76. The topological polar surface area (TPSA) is 77.7 Å². The van der Waals surface area contributed by atoms with Crippen molar-refractivity contribution in [3.05, 3.63) is 65.5 Å². The number of aromatic nitrogens is 1. The Balaban J connectivity index is 1.95. The number of carbonyl (C=O) groups excluding carboxylic acids is 1. The Kier molecular flexibility index (Phi) is 6.67. The molecule has 3 aromatic rings. The van der Waals surface area contributed by atoms with E-state index in [0.29, 0.717) is 31.1 Å². The monoisotopic (exact) mass is 393 g/mol. The average molecular weight is 393 g/mol. The Bertz CT molecular complexity index is 990. The fourth-order valence-corrected chi connectivity index (χ4v) is 3.44. The molecule has 0 aliphatic carbocycles. The molecule has 2 N–H and O–H groups in total. The quantitative estimate of drug-likeness (QED) is 0.635. The Hall–Kier alpha value is -3.12. The zero-order valence-electron chi connectivity index (χ0n) is 17.1. The lowest BCUT2D eigenvalue weighted by Gasteiger charge is -2.22. The molecular weight excluding hydrogens is 366 g/mol. The molecule has 0 saturated carbocycles. The second kappa shape index (κ2) is 9.39. The molecule has 0 spiro atoms. The molecule has 1 amide bonds. The zero-order chi connectivity index (χ0) is 20.8. The number of carbonyl (C=O) groups is 1. The van der Waals surface area contributed by atoms with Gasteiger partial charge in [0, 0.05) is 31.2 Å². The van der Waals surface area contributed by atoms with E-state index in [1.165, 1.54) is 0 Å². The molecule has 3 rings (SSSR count). The van der Waals surface area contributed by atoms with Crippen LogP contribution in [0.5, 0.6) is 11.5 Å². The Morgan fingerprint density at radius 2 is 1.72 bits per heavy atom. The molecule has 29 heavy (non-hydrogen) atoms. The third-order valence-electron chi connectivity index (χ3n) is 5.04. The molecular formula is C23H27N3O3. The minimum absolute atomic E-state index is 0.0507. The van der Waals surface area contributed by atoms with E-state index < -0.39 is 0 Å². The lowest BCUT2D eigenvalue weighted by molar-refractivity contribution is -0.130. The summed E-state index contributed by atoms with van der Waals surface area (Å²) >= 11 is 0. The molecule has 6 heteroatoms. The van der Waals surface area contributed by atoms with E-state index in [0.717, 1.165) is 27.6 Å². The van der Waals surface area contributed by atoms with Crippen molar-refractivity contribution in [2.45, 2.75) is 26.4 Å². The molecule has 2 aromatic carbocycles. The van der Waals surface area contributed by atoms with E-state index in [2.05, 4.69) is 4.98 Å². The highest BCUT2D eigenvalue weighted by molar-refractivity contribution is 5.93. The highest BCUT2D eigenvalue weighted by atomic mass is 16.5. The number of hydrogen-bond donors (Lipinski definition) is 1. The molecule has 1 aromatic heterocycles. The lowest BCUT2D eigenvalue weighted by Crippen LogP contribution is -2.31. The molecule has 0 atom stereocenters. The summed E-state index contributed by atoms with van der Waals surface area (Å²) < 4.78 is 10.9. The fourth-order valence-electron chi connectivity index (χ4n) is 3.44. The average Bonchev–Trinajstić information content (AvgIpc) is 2.77. The summed E-state index contributed by atoms with van der Waals surface area (Å²) in [5, 5.41) is 1.78. The SMILES string of the molecule is CCN(Cc1ccccc1)C(=O)Cc1cnc(CN)c2cc(OC)c(OC)cc12. The van der Waals surface area contributed by atoms with Gasteiger partial charge in [0.25, 0.3) is 0 Å². The van der Waals surface area contributed by atoms with Crippen molar-refractivity contribution >= 4 is 16.7 Å². The molecule has 6 nitrogen and oxygen atoms in total. The van der Waals surface area contributed by atoms with Gasteiger partial charge in [-0.25, -0.2) is 0 Å². The zero-order valence-corrected chi connectivity index (χ0v) is 17.1. The number of hydrogen-bond acceptors (Lipinski definition) is 5. The molecule has 152 valence electrons. The van der Waals surface area contributed by atoms with Gasteiger partial charge in [-0.1, -0.05) is 30.3 Å². The maximum Gasteiger partial charge on any atom is 0.227 e. The standard InChI is InChI=1S/C23H27N3O3/c1-4-26(15-16-8-6-5-7-9-16)23(27)10-17-14-25-20(13-24)19-12-22(29-3)21(28-2)11-18(17)19/h5-9,11-12,14H,4,10,13,15,24H2,1-3H3. The highest BCUT2D eigenvalue weighted by Crippen LogP contribution is 2.35. The first-order chi connectivity index (χ1) is 14.1. The predicted molar refractivity (Wildman–Crippen MR) is 114 cm³/mol. The van der Waals surface area contributed by atoms with E-state index in [9.17, 15) is 4.79 Å². The number of pyridine rings is 1. The van der Waals surface area contributed by atoms with Crippen LogP contribution in [-0.2, 0) is 24.3 Å². The van der Waals surface area contributed by atoms with Crippen LogP contribution in [-0.4, -0.2) is 36.6 Å². The molecule has 0 fully saturated rings. The van der Waals surface area contributed by atoms with Gasteiger partial charge in [0.15, 0.2) is 11.5 Å². The molecule has 1 heterocycles. The number of nitrogens with zero attached hydrogens (tertiary/aromatic N) is 2. The minimum atomic E-state index is 0.0507. The molecule has 0 aliphatic heterocycles. The van der Waals surface area contributed by atoms with Crippen molar-refractivity contribution in [3.8, 4) is 11.5 Å². The summed E-state index contributed by atoms with van der Waals surface area (Å²) in [6.07, 6.45) is 2.00. The number of likely N-dealkylation sites (N-methyl/N-ethyl adjacent to an activating group) is 1. The van der Waals surface area contributed by atoms with Gasteiger partial charge < -0.3 is 20.1 Å². The van der Waals surface area contributed by atoms with Crippen molar-refractivity contribution in [2.75, 3.05) is 20.8 Å². The van der Waals surface area contributed by atoms with Gasteiger partial charge in [0.05, 0.1) is 26.3 Å². The summed E-state index contributed by atoms with van der Waals surface area (Å²) in [5.41, 5.74) is 8.58. The Morgan fingerprint density at radius 1 is 1.07 bits per heavy atom. The normalized spacial score (nSPS) is 10.8. The van der Waals surface area contributed by atoms with E-state index in [4.69, 9.17) is 15.2 Å². The van der Waals surface area contributed by atoms with Gasteiger partial charge in [0.2, 0.25) is 5.91 Å². The summed E-state index contributed by atoms with van der Waals surface area (Å²) in [6, 6.07) is 13.8. The Morgan fingerprint density at radius 3 is 2.31 bits per heavy atom. The smallest absolute Gasteiger partial charge is 0.227 e. The van der Waals surface area contributed by atoms with E-state index in [1.807, 2.05) is 54.3 Å². The van der Waals surface area contributed by atoms with Crippen LogP contribution in [0.1, 0.15) is 23.7 Å². The summed E-state index contributed by atoms with van der Waals surface area (Å²) in [6.45, 7) is 3.51. The van der Waals surface area contributed by atoms with Crippen molar-refractivity contribution in [1.29, 1.82) is 0 Å². The van der Waals surface area contributed by atoms with Crippen molar-refractivity contribution in [2.24, 2.45) is 5.73 Å². The number of benzene rings is 2. The van der Waals surface area contributed by atoms with Crippen LogP contribution in [0.4, 0.5) is 0 Å². The largest absolute Gasteiger partial charge is 0.493 e. The molecule has 0 unspecified atom stereocenters. The Labute approximate surface area is 171 Å². The van der Waals surface area contributed by atoms with Crippen LogP contribution < -0.4 is 15.2 Å². The first-order valence-corrected chi connectivity index (χ1v) is 9.65. The van der Waals surface area contributed by atoms with Crippen molar-refractivity contribution < 1.29 is 14.3 Å². The fraction of sp³-hybridized carbons (Fsp3) is 0.304.